The number of fused-ring (bicyclic) bond motifs is 3. The smallest absolute Gasteiger partial charge is 0.152 e. The molecule has 3 rings (SSSR count). The summed E-state index contributed by atoms with van der Waals surface area (Å²) in [5.41, 5.74) is 10.0. The van der Waals surface area contributed by atoms with Crippen molar-refractivity contribution in [2.24, 2.45) is 5.16 Å². The van der Waals surface area contributed by atoms with Gasteiger partial charge in [0.05, 0.1) is 16.7 Å². The Morgan fingerprint density at radius 3 is 2.82 bits per heavy atom. The number of rotatable bonds is 10. The summed E-state index contributed by atoms with van der Waals surface area (Å²) >= 11 is 1.91. The number of hydrogen-bond donors (Lipinski definition) is 1. The third kappa shape index (κ3) is 4.58. The van der Waals surface area contributed by atoms with Crippen LogP contribution in [-0.4, -0.2) is 39.4 Å². The van der Waals surface area contributed by atoms with Crippen LogP contribution in [0.1, 0.15) is 38.4 Å². The van der Waals surface area contributed by atoms with E-state index in [0.717, 1.165) is 59.3 Å². The second-order valence-corrected chi connectivity index (χ2v) is 7.94. The predicted octanol–water partition coefficient (Wildman–Crippen LogP) is 4.65. The summed E-state index contributed by atoms with van der Waals surface area (Å²) in [5.74, 6) is 2.75. The number of pyridine rings is 1. The monoisotopic (exact) mass is 399 g/mol. The molecule has 0 fully saturated rings. The lowest BCUT2D eigenvalue weighted by Gasteiger charge is -2.11. The number of nitrogens with zero attached hydrogens (tertiary/aromatic N) is 4. The minimum absolute atomic E-state index is 0.498. The number of benzene rings is 1. The number of unbranched alkanes of at least 4 members (excludes halogenated alkanes) is 2. The van der Waals surface area contributed by atoms with Gasteiger partial charge < -0.3 is 15.1 Å². The summed E-state index contributed by atoms with van der Waals surface area (Å²) in [6.07, 6.45) is 7.34. The Balaban J connectivity index is 1.99. The number of thioether (sulfide) groups is 1. The molecule has 0 unspecified atom stereocenters. The zero-order valence-corrected chi connectivity index (χ0v) is 17.8. The Bertz CT molecular complexity index is 966. The van der Waals surface area contributed by atoms with E-state index in [1.807, 2.05) is 36.9 Å². The zero-order chi connectivity index (χ0) is 19.9. The van der Waals surface area contributed by atoms with Crippen LogP contribution < -0.4 is 5.73 Å². The molecular weight excluding hydrogens is 370 g/mol. The van der Waals surface area contributed by atoms with Crippen molar-refractivity contribution in [1.82, 2.24) is 14.5 Å². The number of aryl methyl sites for hydroxylation is 2. The SMILES string of the molecule is CO/N=C(\C)CCc1nc2c(N)nc3ccccc3c2n1CCCCCSC. The molecular formula is C21H29N5OS. The maximum Gasteiger partial charge on any atom is 0.152 e. The van der Waals surface area contributed by atoms with E-state index in [9.17, 15) is 0 Å². The van der Waals surface area contributed by atoms with Crippen LogP contribution in [0.25, 0.3) is 21.9 Å². The molecule has 3 aromatic rings. The maximum atomic E-state index is 6.27. The normalized spacial score (nSPS) is 12.2. The summed E-state index contributed by atoms with van der Waals surface area (Å²) < 4.78 is 2.34. The van der Waals surface area contributed by atoms with Gasteiger partial charge in [0.15, 0.2) is 5.82 Å². The van der Waals surface area contributed by atoms with Crippen molar-refractivity contribution in [3.63, 3.8) is 0 Å². The number of aromatic nitrogens is 3. The van der Waals surface area contributed by atoms with Gasteiger partial charge in [0.1, 0.15) is 18.5 Å². The van der Waals surface area contributed by atoms with Gasteiger partial charge in [-0.15, -0.1) is 0 Å². The van der Waals surface area contributed by atoms with Gasteiger partial charge in [0.2, 0.25) is 0 Å². The molecule has 0 radical (unpaired) electrons. The lowest BCUT2D eigenvalue weighted by molar-refractivity contribution is 0.212. The first-order valence-electron chi connectivity index (χ1n) is 9.74. The van der Waals surface area contributed by atoms with Crippen molar-refractivity contribution >= 4 is 45.2 Å². The third-order valence-corrected chi connectivity index (χ3v) is 5.57. The predicted molar refractivity (Wildman–Crippen MR) is 120 cm³/mol. The van der Waals surface area contributed by atoms with E-state index in [1.165, 1.54) is 18.6 Å². The largest absolute Gasteiger partial charge is 0.399 e. The van der Waals surface area contributed by atoms with Crippen LogP contribution >= 0.6 is 11.8 Å². The van der Waals surface area contributed by atoms with E-state index >= 15 is 0 Å². The molecule has 150 valence electrons. The van der Waals surface area contributed by atoms with Crippen LogP contribution in [-0.2, 0) is 17.8 Å². The van der Waals surface area contributed by atoms with Gasteiger partial charge >= 0.3 is 0 Å². The van der Waals surface area contributed by atoms with Crippen molar-refractivity contribution in [3.8, 4) is 0 Å². The van der Waals surface area contributed by atoms with Crippen LogP contribution in [0.4, 0.5) is 5.82 Å². The molecule has 2 heterocycles. The summed E-state index contributed by atoms with van der Waals surface area (Å²) in [6, 6.07) is 8.16. The van der Waals surface area contributed by atoms with Crippen molar-refractivity contribution < 1.29 is 4.84 Å². The Hall–Kier alpha value is -2.28. The van der Waals surface area contributed by atoms with Gasteiger partial charge in [-0.3, -0.25) is 0 Å². The van der Waals surface area contributed by atoms with E-state index < -0.39 is 0 Å². The van der Waals surface area contributed by atoms with Crippen molar-refractivity contribution in [2.75, 3.05) is 24.9 Å². The third-order valence-electron chi connectivity index (χ3n) is 4.88. The topological polar surface area (TPSA) is 78.3 Å². The van der Waals surface area contributed by atoms with Crippen molar-refractivity contribution in [3.05, 3.63) is 30.1 Å². The summed E-state index contributed by atoms with van der Waals surface area (Å²) in [6.45, 7) is 2.92. The molecule has 0 atom stereocenters. The molecule has 2 N–H and O–H groups in total. The molecule has 1 aromatic carbocycles. The quantitative estimate of drug-likeness (QED) is 0.305. The fraction of sp³-hybridized carbons (Fsp3) is 0.476. The highest BCUT2D eigenvalue weighted by Crippen LogP contribution is 2.29. The van der Waals surface area contributed by atoms with E-state index in [1.54, 1.807) is 7.11 Å². The van der Waals surface area contributed by atoms with E-state index in [4.69, 9.17) is 15.6 Å². The number of hydrogen-bond acceptors (Lipinski definition) is 6. The molecule has 0 aliphatic heterocycles. The Kier molecular flexibility index (Phi) is 7.14. The van der Waals surface area contributed by atoms with Gasteiger partial charge in [0.25, 0.3) is 0 Å². The van der Waals surface area contributed by atoms with Crippen LogP contribution in [0, 0.1) is 0 Å². The average Bonchev–Trinajstić information content (AvgIpc) is 3.06. The van der Waals surface area contributed by atoms with E-state index in [2.05, 4.69) is 27.0 Å². The first kappa shape index (κ1) is 20.5. The summed E-state index contributed by atoms with van der Waals surface area (Å²) in [5, 5.41) is 5.14. The standard InChI is InChI=1S/C21H29N5OS/c1-15(25-27-2)11-12-18-24-19-20(26(18)13-7-4-8-14-28-3)16-9-5-6-10-17(16)23-21(19)22/h5-6,9-10H,4,7-8,11-14H2,1-3H3,(H2,22,23)/b25-15+. The molecule has 0 aliphatic rings. The molecule has 0 saturated heterocycles. The molecule has 0 saturated carbocycles. The zero-order valence-electron chi connectivity index (χ0n) is 16.9. The van der Waals surface area contributed by atoms with Crippen LogP contribution in [0.15, 0.2) is 29.4 Å². The number of oxime groups is 1. The number of anilines is 1. The number of nitrogen functional groups attached to an aromatic ring is 1. The number of nitrogens with two attached hydrogens (primary N) is 1. The minimum Gasteiger partial charge on any atom is -0.399 e. The van der Waals surface area contributed by atoms with Gasteiger partial charge in [0, 0.05) is 18.4 Å². The van der Waals surface area contributed by atoms with Crippen LogP contribution in [0.2, 0.25) is 0 Å². The van der Waals surface area contributed by atoms with Gasteiger partial charge in [-0.05, 0) is 44.3 Å². The minimum atomic E-state index is 0.498. The van der Waals surface area contributed by atoms with Crippen LogP contribution in [0.3, 0.4) is 0 Å². The molecule has 0 bridgehead atoms. The Labute approximate surface area is 170 Å². The highest BCUT2D eigenvalue weighted by molar-refractivity contribution is 7.98. The molecule has 0 amide bonds. The molecule has 28 heavy (non-hydrogen) atoms. The second kappa shape index (κ2) is 9.78. The number of imidazole rings is 1. The lowest BCUT2D eigenvalue weighted by Crippen LogP contribution is -2.07. The fourth-order valence-corrected chi connectivity index (χ4v) is 4.02. The average molecular weight is 400 g/mol. The second-order valence-electron chi connectivity index (χ2n) is 6.95. The molecule has 6 nitrogen and oxygen atoms in total. The Morgan fingerprint density at radius 1 is 1.21 bits per heavy atom. The lowest BCUT2D eigenvalue weighted by atomic mass is 10.1. The van der Waals surface area contributed by atoms with Crippen molar-refractivity contribution in [2.45, 2.75) is 45.6 Å². The first-order valence-corrected chi connectivity index (χ1v) is 11.1. The van der Waals surface area contributed by atoms with Gasteiger partial charge in [-0.25, -0.2) is 9.97 Å². The van der Waals surface area contributed by atoms with Gasteiger partial charge in [-0.2, -0.15) is 11.8 Å². The highest BCUT2D eigenvalue weighted by atomic mass is 32.2. The maximum absolute atomic E-state index is 6.27. The van der Waals surface area contributed by atoms with Crippen LogP contribution in [0.5, 0.6) is 0 Å². The molecule has 7 heteroatoms. The van der Waals surface area contributed by atoms with Gasteiger partial charge in [-0.1, -0.05) is 29.8 Å². The molecule has 0 aliphatic carbocycles. The van der Waals surface area contributed by atoms with E-state index in [-0.39, 0.29) is 0 Å². The first-order chi connectivity index (χ1) is 13.7. The summed E-state index contributed by atoms with van der Waals surface area (Å²) in [4.78, 5) is 14.3. The molecule has 0 spiro atoms. The van der Waals surface area contributed by atoms with Crippen molar-refractivity contribution in [1.29, 1.82) is 0 Å². The molecule has 2 aromatic heterocycles. The fourth-order valence-electron chi connectivity index (χ4n) is 3.52. The Morgan fingerprint density at radius 2 is 2.04 bits per heavy atom. The number of para-hydroxylation sites is 1. The summed E-state index contributed by atoms with van der Waals surface area (Å²) in [7, 11) is 1.58. The highest BCUT2D eigenvalue weighted by Gasteiger charge is 2.17. The van der Waals surface area contributed by atoms with E-state index in [0.29, 0.717) is 5.82 Å².